The number of carbonyl (C=O) groups is 1. The van der Waals surface area contributed by atoms with E-state index in [1.165, 1.54) is 21.6 Å². The number of thioether (sulfide) groups is 1. The van der Waals surface area contributed by atoms with Gasteiger partial charge in [0.25, 0.3) is 5.91 Å². The first kappa shape index (κ1) is 18.7. The molecule has 29 heavy (non-hydrogen) atoms. The molecule has 0 bridgehead atoms. The average Bonchev–Trinajstić information content (AvgIpc) is 3.43. The summed E-state index contributed by atoms with van der Waals surface area (Å²) in [6, 6.07) is 11.9. The molecule has 3 aromatic rings. The predicted molar refractivity (Wildman–Crippen MR) is 118 cm³/mol. The number of hydrogen-bond acceptors (Lipinski definition) is 7. The lowest BCUT2D eigenvalue weighted by Gasteiger charge is -2.35. The first-order chi connectivity index (χ1) is 14.3. The Morgan fingerprint density at radius 2 is 2.00 bits per heavy atom. The van der Waals surface area contributed by atoms with Crippen molar-refractivity contribution in [1.29, 1.82) is 0 Å². The van der Waals surface area contributed by atoms with Crippen molar-refractivity contribution in [1.82, 2.24) is 14.3 Å². The molecule has 6 nitrogen and oxygen atoms in total. The van der Waals surface area contributed by atoms with E-state index in [1.54, 1.807) is 18.3 Å². The summed E-state index contributed by atoms with van der Waals surface area (Å²) in [6.45, 7) is 2.94. The second-order valence-electron chi connectivity index (χ2n) is 7.27. The van der Waals surface area contributed by atoms with Gasteiger partial charge in [-0.1, -0.05) is 12.1 Å². The molecule has 1 aromatic carbocycles. The lowest BCUT2D eigenvalue weighted by molar-refractivity contribution is 0.0745. The molecule has 5 rings (SSSR count). The van der Waals surface area contributed by atoms with Gasteiger partial charge in [0.15, 0.2) is 0 Å². The molecule has 0 unspecified atom stereocenters. The highest BCUT2D eigenvalue weighted by atomic mass is 32.2. The minimum atomic E-state index is 0.0424. The van der Waals surface area contributed by atoms with Gasteiger partial charge in [-0.25, -0.2) is 4.98 Å². The van der Waals surface area contributed by atoms with Crippen molar-refractivity contribution in [3.05, 3.63) is 48.2 Å². The first-order valence-electron chi connectivity index (χ1n) is 9.87. The van der Waals surface area contributed by atoms with Gasteiger partial charge in [0, 0.05) is 55.1 Å². The van der Waals surface area contributed by atoms with Gasteiger partial charge < -0.3 is 14.5 Å². The first-order valence-corrected chi connectivity index (χ1v) is 11.8. The van der Waals surface area contributed by atoms with Crippen LogP contribution in [0.3, 0.4) is 0 Å². The molecule has 8 heteroatoms. The Kier molecular flexibility index (Phi) is 5.28. The van der Waals surface area contributed by atoms with Crippen LogP contribution in [0, 0.1) is 0 Å². The second-order valence-corrected chi connectivity index (χ2v) is 9.22. The quantitative estimate of drug-likeness (QED) is 0.636. The van der Waals surface area contributed by atoms with Gasteiger partial charge in [-0.05, 0) is 41.9 Å². The lowest BCUT2D eigenvalue weighted by Crippen LogP contribution is -2.49. The highest BCUT2D eigenvalue weighted by Crippen LogP contribution is 2.30. The van der Waals surface area contributed by atoms with Crippen LogP contribution in [-0.2, 0) is 0 Å². The molecule has 0 aliphatic carbocycles. The van der Waals surface area contributed by atoms with Crippen LogP contribution in [0.1, 0.15) is 16.8 Å². The summed E-state index contributed by atoms with van der Waals surface area (Å²) in [7, 11) is 0. The second kappa shape index (κ2) is 8.20. The number of fused-ring (bicyclic) bond motifs is 1. The maximum atomic E-state index is 13.0. The van der Waals surface area contributed by atoms with Crippen LogP contribution in [0.2, 0.25) is 0 Å². The van der Waals surface area contributed by atoms with E-state index in [0.717, 1.165) is 36.8 Å². The van der Waals surface area contributed by atoms with Crippen LogP contribution >= 0.6 is 23.3 Å². The van der Waals surface area contributed by atoms with E-state index in [4.69, 9.17) is 4.74 Å². The van der Waals surface area contributed by atoms with E-state index in [-0.39, 0.29) is 12.0 Å². The van der Waals surface area contributed by atoms with Crippen LogP contribution in [-0.4, -0.2) is 64.0 Å². The highest BCUT2D eigenvalue weighted by Gasteiger charge is 2.25. The topological polar surface area (TPSA) is 58.6 Å². The van der Waals surface area contributed by atoms with Crippen LogP contribution in [0.5, 0.6) is 5.88 Å². The number of ether oxygens (including phenoxy) is 1. The van der Waals surface area contributed by atoms with Gasteiger partial charge >= 0.3 is 0 Å². The Labute approximate surface area is 178 Å². The van der Waals surface area contributed by atoms with Crippen molar-refractivity contribution in [3.63, 3.8) is 0 Å². The summed E-state index contributed by atoms with van der Waals surface area (Å²) in [5.41, 5.74) is 0.646. The molecule has 1 amide bonds. The van der Waals surface area contributed by atoms with Crippen molar-refractivity contribution in [2.24, 2.45) is 0 Å². The maximum absolute atomic E-state index is 13.0. The number of amides is 1. The number of piperazine rings is 1. The van der Waals surface area contributed by atoms with Gasteiger partial charge in [-0.15, -0.1) is 0 Å². The van der Waals surface area contributed by atoms with Crippen LogP contribution in [0.15, 0.2) is 42.6 Å². The normalized spacial score (nSPS) is 19.7. The van der Waals surface area contributed by atoms with Gasteiger partial charge in [-0.2, -0.15) is 16.1 Å². The molecule has 150 valence electrons. The van der Waals surface area contributed by atoms with E-state index in [1.807, 2.05) is 28.8 Å². The van der Waals surface area contributed by atoms with E-state index in [2.05, 4.69) is 26.4 Å². The summed E-state index contributed by atoms with van der Waals surface area (Å²) in [5, 5.41) is 1.19. The number of pyridine rings is 1. The minimum absolute atomic E-state index is 0.0424. The van der Waals surface area contributed by atoms with E-state index in [9.17, 15) is 4.79 Å². The fraction of sp³-hybridized carbons (Fsp3) is 0.381. The molecule has 0 spiro atoms. The molecule has 0 N–H and O–H groups in total. The smallest absolute Gasteiger partial charge is 0.254 e. The third-order valence-corrected chi connectivity index (χ3v) is 7.33. The molecular formula is C21H22N4O2S2. The summed E-state index contributed by atoms with van der Waals surface area (Å²) < 4.78 is 11.8. The number of rotatable bonds is 4. The van der Waals surface area contributed by atoms with Crippen LogP contribution in [0.25, 0.3) is 10.1 Å². The Balaban J connectivity index is 1.24. The highest BCUT2D eigenvalue weighted by molar-refractivity contribution is 7.99. The van der Waals surface area contributed by atoms with Gasteiger partial charge in [0.05, 0.1) is 4.70 Å². The van der Waals surface area contributed by atoms with Crippen molar-refractivity contribution in [2.45, 2.75) is 12.5 Å². The molecule has 0 saturated carbocycles. The Morgan fingerprint density at radius 1 is 1.14 bits per heavy atom. The van der Waals surface area contributed by atoms with Gasteiger partial charge in [0.1, 0.15) is 11.9 Å². The fourth-order valence-corrected chi connectivity index (χ4v) is 5.68. The van der Waals surface area contributed by atoms with Gasteiger partial charge in [-0.3, -0.25) is 4.79 Å². The van der Waals surface area contributed by atoms with E-state index in [0.29, 0.717) is 24.5 Å². The summed E-state index contributed by atoms with van der Waals surface area (Å²) in [5.74, 6) is 3.75. The zero-order valence-electron chi connectivity index (χ0n) is 16.0. The van der Waals surface area contributed by atoms with E-state index < -0.39 is 0 Å². The summed E-state index contributed by atoms with van der Waals surface area (Å²) >= 11 is 3.43. The van der Waals surface area contributed by atoms with Gasteiger partial charge in [0.2, 0.25) is 5.88 Å². The predicted octanol–water partition coefficient (Wildman–Crippen LogP) is 3.54. The Bertz CT molecular complexity index is 1010. The van der Waals surface area contributed by atoms with Crippen molar-refractivity contribution in [3.8, 4) is 5.88 Å². The van der Waals surface area contributed by atoms with E-state index >= 15 is 0 Å². The zero-order valence-corrected chi connectivity index (χ0v) is 17.6. The Hall–Kier alpha value is -2.32. The summed E-state index contributed by atoms with van der Waals surface area (Å²) in [6.07, 6.45) is 2.91. The molecule has 1 atom stereocenters. The molecule has 0 radical (unpaired) electrons. The summed E-state index contributed by atoms with van der Waals surface area (Å²) in [4.78, 5) is 21.5. The number of carbonyl (C=O) groups excluding carboxylic acids is 1. The third-order valence-electron chi connectivity index (χ3n) is 5.38. The Morgan fingerprint density at radius 3 is 2.83 bits per heavy atom. The molecule has 2 aliphatic rings. The lowest BCUT2D eigenvalue weighted by atomic mass is 10.2. The van der Waals surface area contributed by atoms with Crippen LogP contribution in [0.4, 0.5) is 5.82 Å². The van der Waals surface area contributed by atoms with Crippen LogP contribution < -0.4 is 9.64 Å². The minimum Gasteiger partial charge on any atom is -0.473 e. The monoisotopic (exact) mass is 426 g/mol. The maximum Gasteiger partial charge on any atom is 0.254 e. The standard InChI is InChI=1S/C21H22N4O2S2/c26-21(15-5-7-22-19(13-15)27-16-6-12-28-14-16)25-10-8-24(9-11-25)20-17-3-1-2-4-18(17)29-23-20/h1-5,7,13,16H,6,8-12,14H2/t16-/m0/s1. The fourth-order valence-electron chi connectivity index (χ4n) is 3.79. The molecule has 2 saturated heterocycles. The SMILES string of the molecule is O=C(c1ccnc(O[C@H]2CCSC2)c1)N1CCN(c2nsc3ccccc23)CC1. The molecule has 2 fully saturated rings. The molecule has 4 heterocycles. The zero-order chi connectivity index (χ0) is 19.6. The van der Waals surface area contributed by atoms with Crippen molar-refractivity contribution < 1.29 is 9.53 Å². The number of aromatic nitrogens is 2. The van der Waals surface area contributed by atoms with Crippen molar-refractivity contribution in [2.75, 3.05) is 42.6 Å². The number of hydrogen-bond donors (Lipinski definition) is 0. The third kappa shape index (κ3) is 3.91. The average molecular weight is 427 g/mol. The number of nitrogens with zero attached hydrogens (tertiary/aromatic N) is 4. The largest absolute Gasteiger partial charge is 0.473 e. The van der Waals surface area contributed by atoms with Crippen molar-refractivity contribution >= 4 is 45.1 Å². The molecular weight excluding hydrogens is 404 g/mol. The molecule has 2 aliphatic heterocycles. The number of anilines is 1. The molecule has 2 aromatic heterocycles. The number of benzene rings is 1.